The normalized spacial score (nSPS) is 12.0. The lowest BCUT2D eigenvalue weighted by Crippen LogP contribution is -1.96. The minimum atomic E-state index is -4.11. The lowest BCUT2D eigenvalue weighted by molar-refractivity contribution is 0.0694. The molecule has 0 bridgehead atoms. The van der Waals surface area contributed by atoms with Crippen LogP contribution in [-0.4, -0.2) is 34.7 Å². The van der Waals surface area contributed by atoms with Crippen LogP contribution in [0.25, 0.3) is 10.9 Å². The van der Waals surface area contributed by atoms with E-state index in [0.717, 1.165) is 17.7 Å². The number of aromatic hydroxyl groups is 2. The van der Waals surface area contributed by atoms with Gasteiger partial charge in [-0.15, -0.1) is 5.11 Å². The van der Waals surface area contributed by atoms with Gasteiger partial charge < -0.3 is 20.3 Å². The number of H-pyrrole nitrogens is 1. The molecule has 3 rings (SSSR count). The summed E-state index contributed by atoms with van der Waals surface area (Å²) < 4.78 is 27.8. The van der Waals surface area contributed by atoms with Gasteiger partial charge in [0.1, 0.15) is 11.3 Å². The van der Waals surface area contributed by atoms with E-state index in [9.17, 15) is 23.4 Å². The molecule has 0 saturated heterocycles. The Morgan fingerprint density at radius 3 is 2.38 bits per heavy atom. The highest BCUT2D eigenvalue weighted by Gasteiger charge is 2.19. The molecule has 0 atom stereocenters. The molecule has 4 N–H and O–H groups in total. The third kappa shape index (κ3) is 3.09. The van der Waals surface area contributed by atoms with Crippen molar-refractivity contribution < 1.29 is 28.5 Å². The fraction of sp³-hybridized carbons (Fsp3) is 0.0625. The summed E-state index contributed by atoms with van der Waals surface area (Å²) in [6.07, 6.45) is 0. The van der Waals surface area contributed by atoms with Crippen LogP contribution in [0.15, 0.2) is 50.9 Å². The second kappa shape index (κ2) is 6.15. The standard InChI is InChI=1S/C16H13N3O6S/c1-8-2-4-9(5-3-8)26(24,25)19-18-14-10-6-11(16(22)23)13(20)7-12(10)17-15(14)21/h2-7,17,20-21H,1H3,(H,22,23). The summed E-state index contributed by atoms with van der Waals surface area (Å²) in [5, 5.41) is 32.3. The topological polar surface area (TPSA) is 152 Å². The SMILES string of the molecule is Cc1ccc(S(=O)(=O)N=Nc2c(O)[nH]c3cc(O)c(C(=O)O)cc23)cc1. The molecule has 10 heteroatoms. The van der Waals surface area contributed by atoms with E-state index in [1.165, 1.54) is 12.1 Å². The van der Waals surface area contributed by atoms with Crippen LogP contribution in [0, 0.1) is 6.92 Å². The van der Waals surface area contributed by atoms with Crippen LogP contribution >= 0.6 is 0 Å². The fourth-order valence-corrected chi connectivity index (χ4v) is 3.09. The van der Waals surface area contributed by atoms with Gasteiger partial charge in [-0.1, -0.05) is 22.2 Å². The predicted molar refractivity (Wildman–Crippen MR) is 91.5 cm³/mol. The quantitative estimate of drug-likeness (QED) is 0.514. The average molecular weight is 375 g/mol. The van der Waals surface area contributed by atoms with E-state index in [1.807, 2.05) is 0 Å². The van der Waals surface area contributed by atoms with Crippen LogP contribution in [0.4, 0.5) is 5.69 Å². The van der Waals surface area contributed by atoms with Crippen molar-refractivity contribution in [3.63, 3.8) is 0 Å². The van der Waals surface area contributed by atoms with Crippen LogP contribution in [-0.2, 0) is 10.0 Å². The maximum atomic E-state index is 12.2. The second-order valence-electron chi connectivity index (χ2n) is 5.51. The van der Waals surface area contributed by atoms with Gasteiger partial charge in [-0.25, -0.2) is 4.79 Å². The second-order valence-corrected chi connectivity index (χ2v) is 7.10. The molecule has 1 aromatic heterocycles. The number of carboxylic acids is 1. The van der Waals surface area contributed by atoms with Crippen LogP contribution in [0.3, 0.4) is 0 Å². The highest BCUT2D eigenvalue weighted by Crippen LogP contribution is 2.38. The van der Waals surface area contributed by atoms with Gasteiger partial charge in [-0.3, -0.25) is 0 Å². The number of carboxylic acid groups (broad SMARTS) is 1. The Morgan fingerprint density at radius 2 is 1.77 bits per heavy atom. The number of rotatable bonds is 4. The Labute approximate surface area is 147 Å². The summed E-state index contributed by atoms with van der Waals surface area (Å²) in [5.74, 6) is -2.41. The molecule has 0 aliphatic heterocycles. The van der Waals surface area contributed by atoms with Gasteiger partial charge in [-0.05, 0) is 25.1 Å². The number of aromatic amines is 1. The van der Waals surface area contributed by atoms with Gasteiger partial charge in [0.05, 0.1) is 10.4 Å². The molecule has 0 spiro atoms. The first-order chi connectivity index (χ1) is 12.2. The molecule has 2 aromatic carbocycles. The number of aromatic carboxylic acids is 1. The van der Waals surface area contributed by atoms with Crippen LogP contribution in [0.1, 0.15) is 15.9 Å². The Morgan fingerprint density at radius 1 is 1.12 bits per heavy atom. The maximum Gasteiger partial charge on any atom is 0.339 e. The van der Waals surface area contributed by atoms with Gasteiger partial charge in [0, 0.05) is 11.5 Å². The number of sulfonamides is 1. The number of fused-ring (bicyclic) bond motifs is 1. The first-order valence-electron chi connectivity index (χ1n) is 7.24. The molecule has 1 heterocycles. The van der Waals surface area contributed by atoms with Gasteiger partial charge in [-0.2, -0.15) is 8.42 Å². The number of hydrogen-bond acceptors (Lipinski definition) is 6. The zero-order chi connectivity index (χ0) is 19.1. The van der Waals surface area contributed by atoms with E-state index < -0.39 is 33.2 Å². The van der Waals surface area contributed by atoms with E-state index in [2.05, 4.69) is 14.6 Å². The highest BCUT2D eigenvalue weighted by molar-refractivity contribution is 7.90. The Hall–Kier alpha value is -3.40. The third-order valence-electron chi connectivity index (χ3n) is 3.67. The largest absolute Gasteiger partial charge is 0.507 e. The Balaban J connectivity index is 2.09. The van der Waals surface area contributed by atoms with Crippen molar-refractivity contribution in [1.29, 1.82) is 0 Å². The molecule has 0 amide bonds. The molecule has 134 valence electrons. The van der Waals surface area contributed by atoms with Crippen molar-refractivity contribution in [2.24, 2.45) is 9.63 Å². The van der Waals surface area contributed by atoms with Crippen molar-refractivity contribution in [3.8, 4) is 11.6 Å². The molecule has 0 saturated carbocycles. The van der Waals surface area contributed by atoms with Gasteiger partial charge in [0.15, 0.2) is 5.69 Å². The van der Waals surface area contributed by atoms with E-state index in [4.69, 9.17) is 5.11 Å². The zero-order valence-corrected chi connectivity index (χ0v) is 14.1. The number of phenols is 1. The monoisotopic (exact) mass is 375 g/mol. The molecular formula is C16H13N3O6S. The Kier molecular flexibility index (Phi) is 4.12. The smallest absolute Gasteiger partial charge is 0.339 e. The maximum absolute atomic E-state index is 12.2. The molecule has 0 fully saturated rings. The van der Waals surface area contributed by atoms with Crippen molar-refractivity contribution in [3.05, 3.63) is 47.5 Å². The first kappa shape index (κ1) is 17.4. The number of aryl methyl sites for hydroxylation is 1. The summed E-state index contributed by atoms with van der Waals surface area (Å²) in [6.45, 7) is 1.80. The van der Waals surface area contributed by atoms with Gasteiger partial charge >= 0.3 is 5.97 Å². The van der Waals surface area contributed by atoms with Crippen molar-refractivity contribution in [1.82, 2.24) is 4.98 Å². The zero-order valence-electron chi connectivity index (χ0n) is 13.3. The molecule has 0 aliphatic carbocycles. The number of hydrogen-bond donors (Lipinski definition) is 4. The van der Waals surface area contributed by atoms with Crippen LogP contribution in [0.5, 0.6) is 11.6 Å². The number of carbonyl (C=O) groups is 1. The van der Waals surface area contributed by atoms with E-state index >= 15 is 0 Å². The summed E-state index contributed by atoms with van der Waals surface area (Å²) in [4.78, 5) is 13.5. The van der Waals surface area contributed by atoms with Crippen molar-refractivity contribution in [2.75, 3.05) is 0 Å². The van der Waals surface area contributed by atoms with E-state index in [0.29, 0.717) is 0 Å². The number of benzene rings is 2. The van der Waals surface area contributed by atoms with Gasteiger partial charge in [0.25, 0.3) is 10.0 Å². The molecule has 9 nitrogen and oxygen atoms in total. The predicted octanol–water partition coefficient (Wildman–Crippen LogP) is 3.06. The Bertz CT molecular complexity index is 1150. The first-order valence-corrected chi connectivity index (χ1v) is 8.68. The lowest BCUT2D eigenvalue weighted by atomic mass is 10.1. The lowest BCUT2D eigenvalue weighted by Gasteiger charge is -2.00. The minimum Gasteiger partial charge on any atom is -0.507 e. The number of aromatic nitrogens is 1. The highest BCUT2D eigenvalue weighted by atomic mass is 32.2. The van der Waals surface area contributed by atoms with Crippen molar-refractivity contribution >= 4 is 32.6 Å². The molecule has 0 radical (unpaired) electrons. The summed E-state index contributed by atoms with van der Waals surface area (Å²) in [5.41, 5.74) is 0.371. The summed E-state index contributed by atoms with van der Waals surface area (Å²) >= 11 is 0. The number of nitrogens with one attached hydrogen (secondary N) is 1. The van der Waals surface area contributed by atoms with Crippen LogP contribution < -0.4 is 0 Å². The molecule has 0 unspecified atom stereocenters. The minimum absolute atomic E-state index is 0.0740. The van der Waals surface area contributed by atoms with E-state index in [1.54, 1.807) is 19.1 Å². The third-order valence-corrected chi connectivity index (χ3v) is 4.83. The van der Waals surface area contributed by atoms with E-state index in [-0.39, 0.29) is 21.5 Å². The summed E-state index contributed by atoms with van der Waals surface area (Å²) in [7, 11) is -4.11. The number of nitrogens with zero attached hydrogens (tertiary/aromatic N) is 2. The van der Waals surface area contributed by atoms with Crippen LogP contribution in [0.2, 0.25) is 0 Å². The van der Waals surface area contributed by atoms with Gasteiger partial charge in [0.2, 0.25) is 5.88 Å². The molecule has 0 aliphatic rings. The molecule has 3 aromatic rings. The van der Waals surface area contributed by atoms with Crippen molar-refractivity contribution in [2.45, 2.75) is 11.8 Å². The average Bonchev–Trinajstić information content (AvgIpc) is 2.86. The molecule has 26 heavy (non-hydrogen) atoms. The molecular weight excluding hydrogens is 362 g/mol. The summed E-state index contributed by atoms with van der Waals surface area (Å²) in [6, 6.07) is 8.11. The fourth-order valence-electron chi connectivity index (χ4n) is 2.33.